The number of aromatic nitrogens is 1. The largest absolute Gasteiger partial charge is 0.467 e. The molecule has 104 valence electrons. The Bertz CT molecular complexity index is 499. The molecule has 2 aromatic heterocycles. The van der Waals surface area contributed by atoms with E-state index in [-0.39, 0.29) is 5.54 Å². The van der Waals surface area contributed by atoms with E-state index in [0.29, 0.717) is 0 Å². The third kappa shape index (κ3) is 4.36. The van der Waals surface area contributed by atoms with Crippen molar-refractivity contribution in [2.24, 2.45) is 0 Å². The molecular weight excluding hydrogens is 258 g/mol. The van der Waals surface area contributed by atoms with Crippen molar-refractivity contribution in [1.29, 1.82) is 0 Å². The smallest absolute Gasteiger partial charge is 0.185 e. The van der Waals surface area contributed by atoms with E-state index in [0.717, 1.165) is 24.0 Å². The van der Waals surface area contributed by atoms with Gasteiger partial charge in [0.25, 0.3) is 0 Å². The molecule has 0 aliphatic rings. The van der Waals surface area contributed by atoms with Crippen molar-refractivity contribution < 1.29 is 4.42 Å². The minimum Gasteiger partial charge on any atom is -0.467 e. The highest BCUT2D eigenvalue weighted by Crippen LogP contribution is 2.23. The molecule has 0 aliphatic heterocycles. The average Bonchev–Trinajstić information content (AvgIpc) is 2.95. The molecule has 5 heteroatoms. The third-order valence-electron chi connectivity index (χ3n) is 2.63. The zero-order valence-corrected chi connectivity index (χ0v) is 12.8. The van der Waals surface area contributed by atoms with Crippen LogP contribution >= 0.6 is 11.3 Å². The lowest BCUT2D eigenvalue weighted by atomic mass is 10.1. The van der Waals surface area contributed by atoms with E-state index in [1.165, 1.54) is 4.88 Å². The summed E-state index contributed by atoms with van der Waals surface area (Å²) in [5.74, 6) is 0.951. The van der Waals surface area contributed by atoms with Gasteiger partial charge in [0.1, 0.15) is 5.76 Å². The van der Waals surface area contributed by atoms with Crippen molar-refractivity contribution in [2.75, 3.05) is 11.9 Å². The van der Waals surface area contributed by atoms with Gasteiger partial charge in [-0.1, -0.05) is 0 Å². The van der Waals surface area contributed by atoms with Crippen LogP contribution in [0.4, 0.5) is 5.13 Å². The van der Waals surface area contributed by atoms with Gasteiger partial charge >= 0.3 is 0 Å². The molecule has 0 saturated heterocycles. The van der Waals surface area contributed by atoms with Gasteiger partial charge in [-0.05, 0) is 32.9 Å². The van der Waals surface area contributed by atoms with Crippen molar-refractivity contribution in [2.45, 2.75) is 39.4 Å². The SMILES string of the molecule is CN(Cc1ccco1)c1ncc(CNC(C)(C)C)s1. The van der Waals surface area contributed by atoms with Gasteiger partial charge < -0.3 is 14.6 Å². The monoisotopic (exact) mass is 279 g/mol. The Morgan fingerprint density at radius 3 is 2.84 bits per heavy atom. The second-order valence-electron chi connectivity index (χ2n) is 5.65. The first-order valence-electron chi connectivity index (χ1n) is 6.37. The normalized spacial score (nSPS) is 11.8. The number of nitrogens with one attached hydrogen (secondary N) is 1. The van der Waals surface area contributed by atoms with Crippen LogP contribution in [0, 0.1) is 0 Å². The van der Waals surface area contributed by atoms with Gasteiger partial charge in [-0.2, -0.15) is 0 Å². The number of rotatable bonds is 5. The number of hydrogen-bond acceptors (Lipinski definition) is 5. The van der Waals surface area contributed by atoms with Gasteiger partial charge in [0.15, 0.2) is 5.13 Å². The van der Waals surface area contributed by atoms with E-state index < -0.39 is 0 Å². The van der Waals surface area contributed by atoms with Gasteiger partial charge in [-0.15, -0.1) is 11.3 Å². The Labute approximate surface area is 118 Å². The van der Waals surface area contributed by atoms with Crippen molar-refractivity contribution >= 4 is 16.5 Å². The van der Waals surface area contributed by atoms with Gasteiger partial charge in [0.2, 0.25) is 0 Å². The summed E-state index contributed by atoms with van der Waals surface area (Å²) >= 11 is 1.71. The van der Waals surface area contributed by atoms with Crippen LogP contribution in [0.1, 0.15) is 31.4 Å². The lowest BCUT2D eigenvalue weighted by molar-refractivity contribution is 0.426. The van der Waals surface area contributed by atoms with Gasteiger partial charge in [-0.25, -0.2) is 4.98 Å². The molecule has 2 aromatic rings. The zero-order chi connectivity index (χ0) is 13.9. The van der Waals surface area contributed by atoms with Crippen LogP contribution in [-0.4, -0.2) is 17.6 Å². The number of anilines is 1. The lowest BCUT2D eigenvalue weighted by Crippen LogP contribution is -2.34. The molecule has 0 radical (unpaired) electrons. The van der Waals surface area contributed by atoms with Crippen LogP contribution in [0.5, 0.6) is 0 Å². The Balaban J connectivity index is 1.92. The molecule has 2 rings (SSSR count). The molecule has 0 amide bonds. The Morgan fingerprint density at radius 1 is 1.42 bits per heavy atom. The number of hydrogen-bond donors (Lipinski definition) is 1. The summed E-state index contributed by atoms with van der Waals surface area (Å²) in [4.78, 5) is 7.81. The maximum Gasteiger partial charge on any atom is 0.185 e. The van der Waals surface area contributed by atoms with E-state index in [4.69, 9.17) is 4.42 Å². The molecule has 0 unspecified atom stereocenters. The Hall–Kier alpha value is -1.33. The van der Waals surface area contributed by atoms with Crippen molar-refractivity contribution in [3.8, 4) is 0 Å². The van der Waals surface area contributed by atoms with Crippen LogP contribution in [0.3, 0.4) is 0 Å². The van der Waals surface area contributed by atoms with E-state index >= 15 is 0 Å². The maximum absolute atomic E-state index is 5.35. The maximum atomic E-state index is 5.35. The summed E-state index contributed by atoms with van der Waals surface area (Å²) < 4.78 is 5.35. The highest BCUT2D eigenvalue weighted by Gasteiger charge is 2.12. The fraction of sp³-hybridized carbons (Fsp3) is 0.500. The molecule has 0 spiro atoms. The predicted octanol–water partition coefficient (Wildman–Crippen LogP) is 3.26. The molecule has 0 bridgehead atoms. The molecule has 0 atom stereocenters. The third-order valence-corrected chi connectivity index (χ3v) is 3.75. The van der Waals surface area contributed by atoms with Gasteiger partial charge in [-0.3, -0.25) is 0 Å². The molecule has 0 fully saturated rings. The van der Waals surface area contributed by atoms with Crippen LogP contribution < -0.4 is 10.2 Å². The average molecular weight is 279 g/mol. The molecule has 0 saturated carbocycles. The molecule has 2 heterocycles. The summed E-state index contributed by atoms with van der Waals surface area (Å²) in [6, 6.07) is 3.88. The number of thiazole rings is 1. The summed E-state index contributed by atoms with van der Waals surface area (Å²) in [7, 11) is 2.03. The molecule has 19 heavy (non-hydrogen) atoms. The summed E-state index contributed by atoms with van der Waals surface area (Å²) in [6.45, 7) is 8.09. The molecule has 1 N–H and O–H groups in total. The summed E-state index contributed by atoms with van der Waals surface area (Å²) in [6.07, 6.45) is 3.64. The first-order valence-corrected chi connectivity index (χ1v) is 7.19. The lowest BCUT2D eigenvalue weighted by Gasteiger charge is -2.19. The minimum atomic E-state index is 0.129. The molecule has 0 aliphatic carbocycles. The topological polar surface area (TPSA) is 41.3 Å². The first kappa shape index (κ1) is 14.1. The van der Waals surface area contributed by atoms with E-state index in [2.05, 4.69) is 36.0 Å². The van der Waals surface area contributed by atoms with Crippen LogP contribution in [0.25, 0.3) is 0 Å². The van der Waals surface area contributed by atoms with E-state index in [1.807, 2.05) is 25.4 Å². The first-order chi connectivity index (χ1) is 8.94. The second-order valence-corrected chi connectivity index (χ2v) is 6.74. The standard InChI is InChI=1S/C14H21N3OS/c1-14(2,3)16-9-12-8-15-13(19-12)17(4)10-11-6-5-7-18-11/h5-8,16H,9-10H2,1-4H3. The summed E-state index contributed by atoms with van der Waals surface area (Å²) in [5, 5.41) is 4.49. The van der Waals surface area contributed by atoms with E-state index in [9.17, 15) is 0 Å². The quantitative estimate of drug-likeness (QED) is 0.912. The molecule has 4 nitrogen and oxygen atoms in total. The van der Waals surface area contributed by atoms with Crippen LogP contribution in [0.15, 0.2) is 29.0 Å². The second kappa shape index (κ2) is 5.75. The molecule has 0 aromatic carbocycles. The highest BCUT2D eigenvalue weighted by atomic mass is 32.1. The van der Waals surface area contributed by atoms with Crippen molar-refractivity contribution in [3.05, 3.63) is 35.2 Å². The highest BCUT2D eigenvalue weighted by molar-refractivity contribution is 7.15. The van der Waals surface area contributed by atoms with Crippen LogP contribution in [-0.2, 0) is 13.1 Å². The molecular formula is C14H21N3OS. The fourth-order valence-electron chi connectivity index (χ4n) is 1.61. The minimum absolute atomic E-state index is 0.129. The van der Waals surface area contributed by atoms with Crippen molar-refractivity contribution in [3.63, 3.8) is 0 Å². The Morgan fingerprint density at radius 2 is 2.21 bits per heavy atom. The van der Waals surface area contributed by atoms with Crippen LogP contribution in [0.2, 0.25) is 0 Å². The fourth-order valence-corrected chi connectivity index (χ4v) is 2.42. The van der Waals surface area contributed by atoms with Crippen molar-refractivity contribution in [1.82, 2.24) is 10.3 Å². The Kier molecular flexibility index (Phi) is 4.27. The van der Waals surface area contributed by atoms with Gasteiger partial charge in [0.05, 0.1) is 12.8 Å². The summed E-state index contributed by atoms with van der Waals surface area (Å²) in [5.41, 5.74) is 0.129. The number of furan rings is 1. The zero-order valence-electron chi connectivity index (χ0n) is 11.9. The van der Waals surface area contributed by atoms with E-state index in [1.54, 1.807) is 17.6 Å². The number of nitrogens with zero attached hydrogens (tertiary/aromatic N) is 2. The predicted molar refractivity (Wildman–Crippen MR) is 79.5 cm³/mol. The van der Waals surface area contributed by atoms with Gasteiger partial charge in [0, 0.05) is 30.2 Å².